The minimum Gasteiger partial charge on any atom is -0.444 e. The molecule has 16 heavy (non-hydrogen) atoms. The molecule has 3 N–H and O–H groups in total. The predicted octanol–water partition coefficient (Wildman–Crippen LogP) is 0.695. The van der Waals surface area contributed by atoms with Gasteiger partial charge in [-0.05, 0) is 20.3 Å². The van der Waals surface area contributed by atoms with E-state index in [0.29, 0.717) is 12.0 Å². The molecule has 0 heterocycles. The molecular formula is C9H19NO5S. The molecule has 0 radical (unpaired) electrons. The van der Waals surface area contributed by atoms with Crippen LogP contribution in [0.4, 0.5) is 0 Å². The Morgan fingerprint density at radius 1 is 1.56 bits per heavy atom. The Labute approximate surface area is 96.2 Å². The van der Waals surface area contributed by atoms with Crippen molar-refractivity contribution in [3.05, 3.63) is 12.2 Å². The van der Waals surface area contributed by atoms with Gasteiger partial charge in [-0.25, -0.2) is 4.79 Å². The fourth-order valence-electron chi connectivity index (χ4n) is 0.527. The highest BCUT2D eigenvalue weighted by atomic mass is 32.2. The lowest BCUT2D eigenvalue weighted by atomic mass is 10.4. The minimum absolute atomic E-state index is 0.132. The standard InChI is InChI=1S/C6H11NO2.C3H8O3S/c1-4(2)6(8)9-5(3)7;1-2-3-7(4,5)6/h5H,1,7H2,2-3H3;2-3H2,1H3,(H,4,5,6). The summed E-state index contributed by atoms with van der Waals surface area (Å²) in [5, 5.41) is 0. The Morgan fingerprint density at radius 3 is 2.06 bits per heavy atom. The lowest BCUT2D eigenvalue weighted by Crippen LogP contribution is -2.23. The van der Waals surface area contributed by atoms with E-state index in [1.165, 1.54) is 0 Å². The number of carbonyl (C=O) groups is 1. The second kappa shape index (κ2) is 8.26. The van der Waals surface area contributed by atoms with Crippen molar-refractivity contribution in [1.29, 1.82) is 0 Å². The molecule has 1 unspecified atom stereocenters. The van der Waals surface area contributed by atoms with Gasteiger partial charge in [0.25, 0.3) is 10.1 Å². The zero-order valence-corrected chi connectivity index (χ0v) is 10.6. The van der Waals surface area contributed by atoms with Gasteiger partial charge >= 0.3 is 5.97 Å². The first-order valence-electron chi connectivity index (χ1n) is 4.67. The van der Waals surface area contributed by atoms with Crippen LogP contribution in [0.25, 0.3) is 0 Å². The van der Waals surface area contributed by atoms with Gasteiger partial charge in [-0.1, -0.05) is 13.5 Å². The van der Waals surface area contributed by atoms with Crippen LogP contribution < -0.4 is 5.73 Å². The van der Waals surface area contributed by atoms with Gasteiger partial charge in [0, 0.05) is 5.57 Å². The summed E-state index contributed by atoms with van der Waals surface area (Å²) < 4.78 is 32.1. The number of rotatable bonds is 4. The van der Waals surface area contributed by atoms with Crippen molar-refractivity contribution < 1.29 is 22.5 Å². The molecule has 1 atom stereocenters. The molecule has 0 saturated heterocycles. The van der Waals surface area contributed by atoms with Crippen molar-refractivity contribution in [2.45, 2.75) is 33.4 Å². The molecule has 0 amide bonds. The van der Waals surface area contributed by atoms with E-state index >= 15 is 0 Å². The first-order valence-corrected chi connectivity index (χ1v) is 6.28. The van der Waals surface area contributed by atoms with E-state index in [-0.39, 0.29) is 5.75 Å². The molecule has 0 rings (SSSR count). The summed E-state index contributed by atoms with van der Waals surface area (Å²) in [5.74, 6) is -0.572. The van der Waals surface area contributed by atoms with E-state index in [2.05, 4.69) is 11.3 Å². The quantitative estimate of drug-likeness (QED) is 0.330. The van der Waals surface area contributed by atoms with Gasteiger partial charge in [-0.3, -0.25) is 10.3 Å². The molecule has 0 spiro atoms. The lowest BCUT2D eigenvalue weighted by Gasteiger charge is -2.05. The molecule has 7 heteroatoms. The molecular weight excluding hydrogens is 234 g/mol. The Hall–Kier alpha value is -0.920. The smallest absolute Gasteiger partial charge is 0.334 e. The summed E-state index contributed by atoms with van der Waals surface area (Å²) in [6.07, 6.45) is -0.0760. The normalized spacial score (nSPS) is 12.1. The third-order valence-corrected chi connectivity index (χ3v) is 2.03. The molecule has 0 aliphatic rings. The molecule has 0 aliphatic heterocycles. The largest absolute Gasteiger partial charge is 0.444 e. The van der Waals surface area contributed by atoms with Crippen molar-refractivity contribution >= 4 is 16.1 Å². The van der Waals surface area contributed by atoms with E-state index in [1.54, 1.807) is 20.8 Å². The molecule has 0 aliphatic carbocycles. The van der Waals surface area contributed by atoms with Crippen LogP contribution in [0.2, 0.25) is 0 Å². The molecule has 0 aromatic carbocycles. The SMILES string of the molecule is C=C(C)C(=O)OC(C)N.CCCS(=O)(=O)O. The maximum atomic E-state index is 10.6. The summed E-state index contributed by atoms with van der Waals surface area (Å²) >= 11 is 0. The molecule has 0 aromatic rings. The lowest BCUT2D eigenvalue weighted by molar-refractivity contribution is -0.143. The third-order valence-electron chi connectivity index (χ3n) is 1.10. The second-order valence-electron chi connectivity index (χ2n) is 3.18. The second-order valence-corrected chi connectivity index (χ2v) is 4.75. The van der Waals surface area contributed by atoms with Crippen molar-refractivity contribution in [2.75, 3.05) is 5.75 Å². The average Bonchev–Trinajstić information content (AvgIpc) is 2.01. The fourth-order valence-corrected chi connectivity index (χ4v) is 1.04. The molecule has 0 saturated carbocycles. The van der Waals surface area contributed by atoms with Gasteiger partial charge in [-0.2, -0.15) is 8.42 Å². The Morgan fingerprint density at radius 2 is 2.00 bits per heavy atom. The number of ether oxygens (including phenoxy) is 1. The number of hydrogen-bond donors (Lipinski definition) is 2. The maximum absolute atomic E-state index is 10.6. The zero-order valence-electron chi connectivity index (χ0n) is 9.76. The van der Waals surface area contributed by atoms with E-state index < -0.39 is 22.3 Å². The van der Waals surface area contributed by atoms with Gasteiger partial charge < -0.3 is 4.74 Å². The third kappa shape index (κ3) is 15.5. The van der Waals surface area contributed by atoms with Crippen LogP contribution in [0.15, 0.2) is 12.2 Å². The van der Waals surface area contributed by atoms with Gasteiger partial charge in [0.15, 0.2) is 0 Å². The van der Waals surface area contributed by atoms with Crippen LogP contribution >= 0.6 is 0 Å². The summed E-state index contributed by atoms with van der Waals surface area (Å²) in [4.78, 5) is 10.6. The monoisotopic (exact) mass is 253 g/mol. The van der Waals surface area contributed by atoms with Gasteiger partial charge in [0.1, 0.15) is 6.23 Å². The fraction of sp³-hybridized carbons (Fsp3) is 0.667. The minimum atomic E-state index is -3.67. The maximum Gasteiger partial charge on any atom is 0.334 e. The topological polar surface area (TPSA) is 107 Å². The van der Waals surface area contributed by atoms with Crippen LogP contribution in [-0.4, -0.2) is 30.9 Å². The first-order chi connectivity index (χ1) is 7.10. The highest BCUT2D eigenvalue weighted by molar-refractivity contribution is 7.85. The van der Waals surface area contributed by atoms with Crippen molar-refractivity contribution in [3.8, 4) is 0 Å². The van der Waals surface area contributed by atoms with Crippen LogP contribution in [0.3, 0.4) is 0 Å². The molecule has 0 aromatic heterocycles. The highest BCUT2D eigenvalue weighted by Crippen LogP contribution is 1.92. The Kier molecular flexibility index (Phi) is 9.02. The molecule has 0 fully saturated rings. The van der Waals surface area contributed by atoms with E-state index in [0.717, 1.165) is 0 Å². The summed E-state index contributed by atoms with van der Waals surface area (Å²) in [7, 11) is -3.67. The van der Waals surface area contributed by atoms with Crippen LogP contribution in [0.1, 0.15) is 27.2 Å². The van der Waals surface area contributed by atoms with Crippen molar-refractivity contribution in [3.63, 3.8) is 0 Å². The van der Waals surface area contributed by atoms with Crippen LogP contribution in [0, 0.1) is 0 Å². The molecule has 96 valence electrons. The number of hydrogen-bond acceptors (Lipinski definition) is 5. The first kappa shape index (κ1) is 17.5. The van der Waals surface area contributed by atoms with Gasteiger partial charge in [-0.15, -0.1) is 0 Å². The van der Waals surface area contributed by atoms with E-state index in [9.17, 15) is 13.2 Å². The average molecular weight is 253 g/mol. The van der Waals surface area contributed by atoms with E-state index in [1.807, 2.05) is 0 Å². The number of nitrogens with two attached hydrogens (primary N) is 1. The van der Waals surface area contributed by atoms with Crippen molar-refractivity contribution in [1.82, 2.24) is 0 Å². The van der Waals surface area contributed by atoms with Gasteiger partial charge in [0.2, 0.25) is 0 Å². The Bertz CT molecular complexity index is 321. The van der Waals surface area contributed by atoms with Crippen LogP contribution in [0.5, 0.6) is 0 Å². The molecule has 6 nitrogen and oxygen atoms in total. The van der Waals surface area contributed by atoms with Crippen molar-refractivity contribution in [2.24, 2.45) is 5.73 Å². The molecule has 0 bridgehead atoms. The Balaban J connectivity index is 0. The van der Waals surface area contributed by atoms with Crippen LogP contribution in [-0.2, 0) is 19.6 Å². The number of esters is 1. The summed E-state index contributed by atoms with van der Waals surface area (Å²) in [6, 6.07) is 0. The number of carbonyl (C=O) groups excluding carboxylic acids is 1. The van der Waals surface area contributed by atoms with Gasteiger partial charge in [0.05, 0.1) is 5.75 Å². The predicted molar refractivity (Wildman–Crippen MR) is 61.3 cm³/mol. The summed E-state index contributed by atoms with van der Waals surface area (Å²) in [6.45, 7) is 8.22. The highest BCUT2D eigenvalue weighted by Gasteiger charge is 2.04. The summed E-state index contributed by atoms with van der Waals surface area (Å²) in [5.41, 5.74) is 5.51. The van der Waals surface area contributed by atoms with E-state index in [4.69, 9.17) is 10.3 Å². The zero-order chi connectivity index (χ0) is 13.4.